The third-order valence-electron chi connectivity index (χ3n) is 2.90. The second-order valence-corrected chi connectivity index (χ2v) is 5.30. The van der Waals surface area contributed by atoms with Gasteiger partial charge in [0.05, 0.1) is 11.4 Å². The molecule has 2 heterocycles. The van der Waals surface area contributed by atoms with Crippen molar-refractivity contribution >= 4 is 17.0 Å². The van der Waals surface area contributed by atoms with Crippen LogP contribution < -0.4 is 5.73 Å². The molecule has 2 aromatic heterocycles. The fraction of sp³-hybridized carbons (Fsp3) is 0.143. The lowest BCUT2D eigenvalue weighted by Crippen LogP contribution is -2.05. The van der Waals surface area contributed by atoms with Crippen LogP contribution >= 0.6 is 11.3 Å². The first kappa shape index (κ1) is 11.9. The number of rotatable bonds is 4. The van der Waals surface area contributed by atoms with E-state index in [4.69, 9.17) is 5.73 Å². The summed E-state index contributed by atoms with van der Waals surface area (Å²) in [5.74, 6) is 1.03. The van der Waals surface area contributed by atoms with E-state index in [0.29, 0.717) is 0 Å². The first-order valence-electron chi connectivity index (χ1n) is 6.04. The maximum Gasteiger partial charge on any atom is 0.115 e. The lowest BCUT2D eigenvalue weighted by molar-refractivity contribution is 0.739. The van der Waals surface area contributed by atoms with E-state index in [1.165, 1.54) is 5.56 Å². The number of hydrogen-bond donors (Lipinski definition) is 1. The van der Waals surface area contributed by atoms with E-state index in [2.05, 4.69) is 20.6 Å². The number of nitrogens with zero attached hydrogens (tertiary/aromatic N) is 3. The molecule has 0 radical (unpaired) electrons. The Morgan fingerprint density at radius 3 is 2.95 bits per heavy atom. The molecule has 0 aliphatic heterocycles. The summed E-state index contributed by atoms with van der Waals surface area (Å²) in [6.45, 7) is 0.783. The lowest BCUT2D eigenvalue weighted by atomic mass is 10.2. The molecule has 1 aromatic carbocycles. The summed E-state index contributed by atoms with van der Waals surface area (Å²) in [4.78, 5) is 8.71. The van der Waals surface area contributed by atoms with Crippen molar-refractivity contribution in [2.24, 2.45) is 0 Å². The Morgan fingerprint density at radius 2 is 2.16 bits per heavy atom. The second-order valence-electron chi connectivity index (χ2n) is 4.32. The largest absolute Gasteiger partial charge is 0.399 e. The van der Waals surface area contributed by atoms with Gasteiger partial charge >= 0.3 is 0 Å². The Kier molecular flexibility index (Phi) is 3.29. The van der Waals surface area contributed by atoms with Gasteiger partial charge in [-0.1, -0.05) is 12.1 Å². The number of nitrogens with two attached hydrogens (primary N) is 1. The lowest BCUT2D eigenvalue weighted by Gasteiger charge is -2.07. The molecule has 2 N–H and O–H groups in total. The van der Waals surface area contributed by atoms with Gasteiger partial charge in [0.25, 0.3) is 0 Å². The molecule has 0 saturated carbocycles. The molecular weight excluding hydrogens is 256 g/mol. The van der Waals surface area contributed by atoms with Crippen molar-refractivity contribution in [2.75, 3.05) is 5.73 Å². The van der Waals surface area contributed by atoms with Gasteiger partial charge in [-0.25, -0.2) is 9.97 Å². The van der Waals surface area contributed by atoms with Crippen molar-refractivity contribution in [2.45, 2.75) is 13.0 Å². The summed E-state index contributed by atoms with van der Waals surface area (Å²) in [5, 5.41) is 3.07. The highest BCUT2D eigenvalue weighted by Crippen LogP contribution is 2.13. The van der Waals surface area contributed by atoms with Gasteiger partial charge in [0, 0.05) is 36.2 Å². The Bertz CT molecular complexity index is 658. The van der Waals surface area contributed by atoms with Crippen LogP contribution in [0.15, 0.2) is 48.2 Å². The van der Waals surface area contributed by atoms with Crippen molar-refractivity contribution in [1.82, 2.24) is 14.5 Å². The fourth-order valence-corrected chi connectivity index (χ4v) is 2.63. The average molecular weight is 270 g/mol. The van der Waals surface area contributed by atoms with E-state index in [-0.39, 0.29) is 0 Å². The summed E-state index contributed by atoms with van der Waals surface area (Å²) in [6.07, 6.45) is 6.42. The highest BCUT2D eigenvalue weighted by atomic mass is 32.1. The van der Waals surface area contributed by atoms with E-state index in [9.17, 15) is 0 Å². The SMILES string of the molecule is Nc1cccc(Cn2ccnc2Cc2nccs2)c1. The molecule has 0 aliphatic carbocycles. The molecule has 0 unspecified atom stereocenters. The minimum absolute atomic E-state index is 0.771. The summed E-state index contributed by atoms with van der Waals surface area (Å²) in [7, 11) is 0. The molecule has 3 aromatic rings. The number of aromatic nitrogens is 3. The third kappa shape index (κ3) is 2.82. The van der Waals surface area contributed by atoms with Crippen LogP contribution in [-0.2, 0) is 13.0 Å². The van der Waals surface area contributed by atoms with Crippen LogP contribution in [0.2, 0.25) is 0 Å². The summed E-state index contributed by atoms with van der Waals surface area (Å²) < 4.78 is 2.14. The van der Waals surface area contributed by atoms with E-state index < -0.39 is 0 Å². The zero-order chi connectivity index (χ0) is 13.1. The highest BCUT2D eigenvalue weighted by Gasteiger charge is 2.06. The fourth-order valence-electron chi connectivity index (χ4n) is 2.01. The van der Waals surface area contributed by atoms with Gasteiger partial charge in [-0.05, 0) is 17.7 Å². The zero-order valence-corrected chi connectivity index (χ0v) is 11.2. The number of nitrogen functional groups attached to an aromatic ring is 1. The van der Waals surface area contributed by atoms with Gasteiger partial charge in [-0.2, -0.15) is 0 Å². The van der Waals surface area contributed by atoms with Crippen molar-refractivity contribution in [3.63, 3.8) is 0 Å². The maximum atomic E-state index is 5.80. The first-order valence-corrected chi connectivity index (χ1v) is 6.92. The topological polar surface area (TPSA) is 56.7 Å². The molecule has 5 heteroatoms. The zero-order valence-electron chi connectivity index (χ0n) is 10.4. The highest BCUT2D eigenvalue weighted by molar-refractivity contribution is 7.09. The van der Waals surface area contributed by atoms with Crippen molar-refractivity contribution in [1.29, 1.82) is 0 Å². The smallest absolute Gasteiger partial charge is 0.115 e. The van der Waals surface area contributed by atoms with Gasteiger partial charge in [-0.3, -0.25) is 0 Å². The Balaban J connectivity index is 1.80. The molecule has 0 amide bonds. The van der Waals surface area contributed by atoms with Crippen LogP contribution in [0.1, 0.15) is 16.4 Å². The third-order valence-corrected chi connectivity index (χ3v) is 3.68. The molecule has 3 rings (SSSR count). The summed E-state index contributed by atoms with van der Waals surface area (Å²) >= 11 is 1.65. The van der Waals surface area contributed by atoms with Gasteiger partial charge < -0.3 is 10.3 Å². The number of anilines is 1. The molecule has 96 valence electrons. The Labute approximate surface area is 115 Å². The average Bonchev–Trinajstić information content (AvgIpc) is 3.03. The Hall–Kier alpha value is -2.14. The molecule has 0 spiro atoms. The van der Waals surface area contributed by atoms with Crippen LogP contribution in [0.4, 0.5) is 5.69 Å². The van der Waals surface area contributed by atoms with Crippen molar-refractivity contribution in [3.05, 3.63) is 64.6 Å². The van der Waals surface area contributed by atoms with E-state index in [1.807, 2.05) is 42.2 Å². The quantitative estimate of drug-likeness (QED) is 0.741. The van der Waals surface area contributed by atoms with Crippen molar-refractivity contribution in [3.8, 4) is 0 Å². The minimum atomic E-state index is 0.771. The van der Waals surface area contributed by atoms with Gasteiger partial charge in [0.15, 0.2) is 0 Å². The summed E-state index contributed by atoms with van der Waals surface area (Å²) in [6, 6.07) is 7.94. The van der Waals surface area contributed by atoms with Crippen LogP contribution in [0.5, 0.6) is 0 Å². The number of imidazole rings is 1. The monoisotopic (exact) mass is 270 g/mol. The Morgan fingerprint density at radius 1 is 1.21 bits per heavy atom. The molecule has 0 aliphatic rings. The predicted molar refractivity (Wildman–Crippen MR) is 77.1 cm³/mol. The molecule has 0 saturated heterocycles. The first-order chi connectivity index (χ1) is 9.31. The van der Waals surface area contributed by atoms with Gasteiger partial charge in [-0.15, -0.1) is 11.3 Å². The predicted octanol–water partition coefficient (Wildman–Crippen LogP) is 2.56. The van der Waals surface area contributed by atoms with Crippen LogP contribution in [0.3, 0.4) is 0 Å². The molecule has 0 bridgehead atoms. The second kappa shape index (κ2) is 5.24. The van der Waals surface area contributed by atoms with Crippen molar-refractivity contribution < 1.29 is 0 Å². The molecule has 19 heavy (non-hydrogen) atoms. The standard InChI is InChI=1S/C14H14N4S/c15-12-3-1-2-11(8-12)10-18-6-4-16-13(18)9-14-17-5-7-19-14/h1-8H,9-10,15H2. The molecular formula is C14H14N4S. The van der Waals surface area contributed by atoms with E-state index >= 15 is 0 Å². The van der Waals surface area contributed by atoms with Gasteiger partial charge in [0.2, 0.25) is 0 Å². The molecule has 0 atom stereocenters. The number of benzene rings is 1. The number of thiazole rings is 1. The van der Waals surface area contributed by atoms with E-state index in [0.717, 1.165) is 29.5 Å². The summed E-state index contributed by atoms with van der Waals surface area (Å²) in [5.41, 5.74) is 7.77. The minimum Gasteiger partial charge on any atom is -0.399 e. The van der Waals surface area contributed by atoms with Crippen LogP contribution in [-0.4, -0.2) is 14.5 Å². The number of hydrogen-bond acceptors (Lipinski definition) is 4. The molecule has 0 fully saturated rings. The normalized spacial score (nSPS) is 10.7. The van der Waals surface area contributed by atoms with E-state index in [1.54, 1.807) is 11.3 Å². The molecule has 4 nitrogen and oxygen atoms in total. The van der Waals surface area contributed by atoms with Crippen LogP contribution in [0.25, 0.3) is 0 Å². The van der Waals surface area contributed by atoms with Gasteiger partial charge in [0.1, 0.15) is 5.82 Å². The van der Waals surface area contributed by atoms with Crippen LogP contribution in [0, 0.1) is 0 Å². The maximum absolute atomic E-state index is 5.80.